The Morgan fingerprint density at radius 2 is 2.00 bits per heavy atom. The Balaban J connectivity index is 2.73. The average Bonchev–Trinajstić information content (AvgIpc) is 2.70. The van der Waals surface area contributed by atoms with Crippen LogP contribution in [0.4, 0.5) is 0 Å². The molecule has 1 heterocycles. The van der Waals surface area contributed by atoms with Crippen LogP contribution in [0.15, 0.2) is 10.6 Å². The summed E-state index contributed by atoms with van der Waals surface area (Å²) in [5.41, 5.74) is -0.539. The van der Waals surface area contributed by atoms with E-state index in [-0.39, 0.29) is 0 Å². The van der Waals surface area contributed by atoms with Crippen LogP contribution in [0.3, 0.4) is 0 Å². The summed E-state index contributed by atoms with van der Waals surface area (Å²) in [4.78, 5) is 16.3. The molecule has 5 nitrogen and oxygen atoms in total. The van der Waals surface area contributed by atoms with Crippen molar-refractivity contribution in [2.24, 2.45) is 4.40 Å². The van der Waals surface area contributed by atoms with Crippen molar-refractivity contribution in [3.63, 3.8) is 0 Å². The van der Waals surface area contributed by atoms with Gasteiger partial charge in [0.25, 0.3) is 0 Å². The number of thiazole rings is 1. The molecule has 0 bridgehead atoms. The van der Waals surface area contributed by atoms with Gasteiger partial charge in [0.1, 0.15) is 37.8 Å². The summed E-state index contributed by atoms with van der Waals surface area (Å²) in [6, 6.07) is 0. The maximum atomic E-state index is 11.8. The molecular weight excluding hydrogens is 296 g/mol. The molecule has 7 heteroatoms. The van der Waals surface area contributed by atoms with Crippen LogP contribution in [-0.2, 0) is 16.1 Å². The number of ether oxygens (including phenoxy) is 1. The van der Waals surface area contributed by atoms with E-state index < -0.39 is 27.7 Å². The van der Waals surface area contributed by atoms with Crippen LogP contribution in [0.2, 0.25) is 0 Å². The average molecular weight is 316 g/mol. The number of aromatic nitrogens is 1. The molecule has 0 aliphatic rings. The highest BCUT2D eigenvalue weighted by Gasteiger charge is 2.26. The largest absolute Gasteiger partial charge is 0.591 e. The van der Waals surface area contributed by atoms with Gasteiger partial charge in [0, 0.05) is 0 Å². The van der Waals surface area contributed by atoms with Crippen LogP contribution in [0.1, 0.15) is 56.2 Å². The highest BCUT2D eigenvalue weighted by Crippen LogP contribution is 2.19. The van der Waals surface area contributed by atoms with Crippen molar-refractivity contribution < 1.29 is 14.1 Å². The second-order valence-corrected chi connectivity index (χ2v) is 9.16. The summed E-state index contributed by atoms with van der Waals surface area (Å²) in [7, 11) is 0. The molecule has 0 radical (unpaired) electrons. The lowest BCUT2D eigenvalue weighted by Crippen LogP contribution is -2.25. The Bertz CT molecular complexity index is 498. The molecule has 0 N–H and O–H groups in total. The predicted octanol–water partition coefficient (Wildman–Crippen LogP) is 2.98. The molecule has 1 aromatic heterocycles. The molecule has 1 rings (SSSR count). The highest BCUT2D eigenvalue weighted by atomic mass is 32.2. The smallest absolute Gasteiger partial charge is 0.350 e. The second kappa shape index (κ2) is 6.24. The minimum atomic E-state index is -1.34. The third-order valence-electron chi connectivity index (χ3n) is 1.91. The van der Waals surface area contributed by atoms with E-state index >= 15 is 0 Å². The first-order chi connectivity index (χ1) is 8.99. The first-order valence-electron chi connectivity index (χ1n) is 6.14. The molecule has 0 saturated heterocycles. The molecule has 0 aromatic carbocycles. The zero-order chi connectivity index (χ0) is 15.6. The van der Waals surface area contributed by atoms with E-state index in [1.807, 2.05) is 20.8 Å². The van der Waals surface area contributed by atoms with Gasteiger partial charge in [-0.3, -0.25) is 0 Å². The van der Waals surface area contributed by atoms with E-state index in [0.717, 1.165) is 11.3 Å². The van der Waals surface area contributed by atoms with Crippen LogP contribution in [0, 0.1) is 0 Å². The van der Waals surface area contributed by atoms with Crippen LogP contribution in [0.5, 0.6) is 0 Å². The number of carbonyl (C=O) groups excluding carboxylic acids is 1. The fraction of sp³-hybridized carbons (Fsp3) is 0.615. The molecule has 0 aliphatic carbocycles. The zero-order valence-electron chi connectivity index (χ0n) is 12.6. The summed E-state index contributed by atoms with van der Waals surface area (Å²) >= 11 is -0.170. The first-order valence-corrected chi connectivity index (χ1v) is 8.06. The lowest BCUT2D eigenvalue weighted by atomic mass is 10.2. The molecule has 0 aliphatic heterocycles. The van der Waals surface area contributed by atoms with Crippen molar-refractivity contribution in [3.05, 3.63) is 16.1 Å². The van der Waals surface area contributed by atoms with Crippen LogP contribution in [0.25, 0.3) is 0 Å². The second-order valence-electron chi connectivity index (χ2n) is 6.16. The summed E-state index contributed by atoms with van der Waals surface area (Å²) < 4.78 is 20.5. The molecule has 0 fully saturated rings. The lowest BCUT2D eigenvalue weighted by molar-refractivity contribution is 0.00749. The van der Waals surface area contributed by atoms with Crippen molar-refractivity contribution >= 4 is 34.9 Å². The summed E-state index contributed by atoms with van der Waals surface area (Å²) in [5.74, 6) is -0.411. The summed E-state index contributed by atoms with van der Waals surface area (Å²) in [6.45, 7) is 10.9. The van der Waals surface area contributed by atoms with Gasteiger partial charge in [-0.25, -0.2) is 9.78 Å². The Hall–Kier alpha value is -0.920. The summed E-state index contributed by atoms with van der Waals surface area (Å²) in [6.07, 6.45) is 2.87. The number of hydrogen-bond donors (Lipinski definition) is 0. The van der Waals surface area contributed by atoms with E-state index in [9.17, 15) is 9.35 Å². The van der Waals surface area contributed by atoms with Gasteiger partial charge in [-0.1, -0.05) is 4.40 Å². The Morgan fingerprint density at radius 1 is 1.40 bits per heavy atom. The van der Waals surface area contributed by atoms with Crippen LogP contribution in [-0.4, -0.2) is 32.1 Å². The van der Waals surface area contributed by atoms with Gasteiger partial charge in [-0.05, 0) is 41.5 Å². The highest BCUT2D eigenvalue weighted by molar-refractivity contribution is 7.91. The van der Waals surface area contributed by atoms with Gasteiger partial charge in [0.05, 0.1) is 6.20 Å². The molecule has 1 unspecified atom stereocenters. The quantitative estimate of drug-likeness (QED) is 0.488. The van der Waals surface area contributed by atoms with Crippen molar-refractivity contribution in [1.29, 1.82) is 0 Å². The minimum absolute atomic E-state index is 0.405. The van der Waals surface area contributed by atoms with Gasteiger partial charge in [-0.2, -0.15) is 0 Å². The van der Waals surface area contributed by atoms with E-state index in [0.29, 0.717) is 9.88 Å². The molecule has 112 valence electrons. The lowest BCUT2D eigenvalue weighted by Gasteiger charge is -2.18. The number of nitrogens with zero attached hydrogens (tertiary/aromatic N) is 2. The van der Waals surface area contributed by atoms with Crippen molar-refractivity contribution in [3.8, 4) is 0 Å². The molecule has 0 saturated carbocycles. The third-order valence-corrected chi connectivity index (χ3v) is 4.16. The Kier molecular flexibility index (Phi) is 5.34. The fourth-order valence-electron chi connectivity index (χ4n) is 1.02. The van der Waals surface area contributed by atoms with Crippen molar-refractivity contribution in [2.45, 2.75) is 51.9 Å². The van der Waals surface area contributed by atoms with Crippen molar-refractivity contribution in [2.75, 3.05) is 0 Å². The fourth-order valence-corrected chi connectivity index (χ4v) is 2.27. The number of esters is 1. The summed E-state index contributed by atoms with van der Waals surface area (Å²) in [5, 5.41) is 0.531. The Labute approximate surface area is 126 Å². The number of hydrogen-bond acceptors (Lipinski definition) is 6. The first kappa shape index (κ1) is 17.1. The maximum absolute atomic E-state index is 11.8. The zero-order valence-corrected chi connectivity index (χ0v) is 14.2. The Morgan fingerprint density at radius 3 is 2.50 bits per heavy atom. The maximum Gasteiger partial charge on any atom is 0.350 e. The van der Waals surface area contributed by atoms with Gasteiger partial charge in [0.2, 0.25) is 0 Å². The monoisotopic (exact) mass is 316 g/mol. The van der Waals surface area contributed by atoms with E-state index in [1.54, 1.807) is 20.8 Å². The molecule has 1 aromatic rings. The van der Waals surface area contributed by atoms with Crippen LogP contribution >= 0.6 is 11.3 Å². The molecular formula is C13H20N2O3S2. The minimum Gasteiger partial charge on any atom is -0.591 e. The topological polar surface area (TPSA) is 74.6 Å². The van der Waals surface area contributed by atoms with E-state index in [1.165, 1.54) is 12.4 Å². The molecule has 0 amide bonds. The van der Waals surface area contributed by atoms with Gasteiger partial charge in [0.15, 0.2) is 0 Å². The van der Waals surface area contributed by atoms with Gasteiger partial charge >= 0.3 is 5.97 Å². The van der Waals surface area contributed by atoms with Gasteiger partial charge < -0.3 is 9.29 Å². The standard InChI is InChI=1S/C13H20N2O3S2/c1-12(2,3)18-11(16)9-7-14-10(19-9)8-15-20(17)13(4,5)6/h7-8H,1-6H3/b15-8+. The third kappa shape index (κ3) is 5.60. The molecule has 0 spiro atoms. The normalized spacial score (nSPS) is 14.6. The van der Waals surface area contributed by atoms with Crippen molar-refractivity contribution in [1.82, 2.24) is 4.98 Å². The van der Waals surface area contributed by atoms with E-state index in [4.69, 9.17) is 4.74 Å². The molecule has 1 atom stereocenters. The van der Waals surface area contributed by atoms with Gasteiger partial charge in [-0.15, -0.1) is 11.3 Å². The predicted molar refractivity (Wildman–Crippen MR) is 82.8 cm³/mol. The SMILES string of the molecule is CC(C)(C)OC(=O)c1cnc(/C=N/[S+]([O-])C(C)(C)C)s1. The number of rotatable bonds is 3. The van der Waals surface area contributed by atoms with E-state index in [2.05, 4.69) is 9.38 Å². The molecule has 20 heavy (non-hydrogen) atoms. The number of carbonyl (C=O) groups is 1. The van der Waals surface area contributed by atoms with Crippen LogP contribution < -0.4 is 0 Å².